The van der Waals surface area contributed by atoms with E-state index in [1.165, 1.54) is 28.7 Å². The van der Waals surface area contributed by atoms with E-state index in [0.717, 1.165) is 25.2 Å². The van der Waals surface area contributed by atoms with E-state index in [-0.39, 0.29) is 18.3 Å². The van der Waals surface area contributed by atoms with Crippen molar-refractivity contribution >= 4 is 34.8 Å². The van der Waals surface area contributed by atoms with Crippen molar-refractivity contribution in [2.24, 2.45) is 0 Å². The molecule has 2 aromatic rings. The second-order valence-electron chi connectivity index (χ2n) is 3.78. The molecular formula is C11H12ClN3O2S. The molecule has 0 spiro atoms. The number of anilines is 1. The molecule has 3 rings (SSSR count). The van der Waals surface area contributed by atoms with E-state index in [9.17, 15) is 4.79 Å². The minimum Gasteiger partial charge on any atom is -0.472 e. The lowest BCUT2D eigenvalue weighted by molar-refractivity contribution is 0.102. The molecule has 18 heavy (non-hydrogen) atoms. The number of thiazole rings is 1. The van der Waals surface area contributed by atoms with Gasteiger partial charge < -0.3 is 9.73 Å². The second-order valence-corrected chi connectivity index (χ2v) is 4.87. The van der Waals surface area contributed by atoms with Crippen molar-refractivity contribution in [3.8, 4) is 0 Å². The van der Waals surface area contributed by atoms with Crippen LogP contribution < -0.4 is 10.6 Å². The topological polar surface area (TPSA) is 67.2 Å². The van der Waals surface area contributed by atoms with Gasteiger partial charge in [-0.15, -0.1) is 23.7 Å². The summed E-state index contributed by atoms with van der Waals surface area (Å²) in [7, 11) is 0. The van der Waals surface area contributed by atoms with Crippen LogP contribution in [-0.4, -0.2) is 17.4 Å². The fraction of sp³-hybridized carbons (Fsp3) is 0.273. The highest BCUT2D eigenvalue weighted by molar-refractivity contribution is 7.15. The number of furan rings is 1. The molecule has 1 amide bonds. The monoisotopic (exact) mass is 285 g/mol. The first-order chi connectivity index (χ1) is 8.33. The predicted octanol–water partition coefficient (Wildman–Crippen LogP) is 2.06. The van der Waals surface area contributed by atoms with Gasteiger partial charge in [-0.1, -0.05) is 0 Å². The number of nitrogens with zero attached hydrogens (tertiary/aromatic N) is 1. The molecule has 96 valence electrons. The van der Waals surface area contributed by atoms with E-state index in [1.807, 2.05) is 0 Å². The van der Waals surface area contributed by atoms with Gasteiger partial charge in [0.25, 0.3) is 5.91 Å². The predicted molar refractivity (Wildman–Crippen MR) is 71.4 cm³/mol. The van der Waals surface area contributed by atoms with Crippen molar-refractivity contribution in [2.45, 2.75) is 13.0 Å². The summed E-state index contributed by atoms with van der Waals surface area (Å²) in [6, 6.07) is 1.63. The number of nitrogens with one attached hydrogen (secondary N) is 2. The summed E-state index contributed by atoms with van der Waals surface area (Å²) in [5.74, 6) is -0.183. The van der Waals surface area contributed by atoms with E-state index in [4.69, 9.17) is 4.42 Å². The Morgan fingerprint density at radius 1 is 1.56 bits per heavy atom. The van der Waals surface area contributed by atoms with Crippen LogP contribution in [0.2, 0.25) is 0 Å². The lowest BCUT2D eigenvalue weighted by Crippen LogP contribution is -2.22. The first-order valence-electron chi connectivity index (χ1n) is 5.36. The van der Waals surface area contributed by atoms with E-state index in [0.29, 0.717) is 10.7 Å². The van der Waals surface area contributed by atoms with E-state index in [2.05, 4.69) is 15.6 Å². The highest BCUT2D eigenvalue weighted by atomic mass is 35.5. The molecule has 3 heterocycles. The van der Waals surface area contributed by atoms with Crippen LogP contribution in [0.15, 0.2) is 23.0 Å². The van der Waals surface area contributed by atoms with Crippen molar-refractivity contribution in [2.75, 3.05) is 11.9 Å². The maximum absolute atomic E-state index is 11.8. The van der Waals surface area contributed by atoms with Crippen LogP contribution in [0.4, 0.5) is 5.13 Å². The lowest BCUT2D eigenvalue weighted by atomic mass is 10.2. The van der Waals surface area contributed by atoms with Crippen LogP contribution in [0.5, 0.6) is 0 Å². The Bertz CT molecular complexity index is 515. The zero-order valence-electron chi connectivity index (χ0n) is 9.43. The van der Waals surface area contributed by atoms with E-state index < -0.39 is 0 Å². The summed E-state index contributed by atoms with van der Waals surface area (Å²) in [5, 5.41) is 6.72. The number of rotatable bonds is 2. The van der Waals surface area contributed by atoms with Gasteiger partial charge in [0, 0.05) is 24.4 Å². The fourth-order valence-electron chi connectivity index (χ4n) is 1.74. The molecule has 0 aliphatic carbocycles. The van der Waals surface area contributed by atoms with Crippen molar-refractivity contribution in [1.29, 1.82) is 0 Å². The smallest absolute Gasteiger partial charge is 0.260 e. The summed E-state index contributed by atoms with van der Waals surface area (Å²) >= 11 is 1.52. The lowest BCUT2D eigenvalue weighted by Gasteiger charge is -2.09. The Labute approximate surface area is 114 Å². The standard InChI is InChI=1S/C11H11N3O2S.ClH/c15-10(7-2-4-16-6-7)14-11-13-8-1-3-12-5-9(8)17-11;/h2,4,6,12H,1,3,5H2,(H,13,14,15);1H. The zero-order chi connectivity index (χ0) is 11.7. The maximum Gasteiger partial charge on any atom is 0.260 e. The number of halogens is 1. The molecule has 0 aromatic carbocycles. The van der Waals surface area contributed by atoms with Crippen LogP contribution in [0.1, 0.15) is 20.9 Å². The van der Waals surface area contributed by atoms with Gasteiger partial charge >= 0.3 is 0 Å². The van der Waals surface area contributed by atoms with Gasteiger partial charge in [-0.3, -0.25) is 10.1 Å². The highest BCUT2D eigenvalue weighted by Gasteiger charge is 2.16. The zero-order valence-corrected chi connectivity index (χ0v) is 11.1. The second kappa shape index (κ2) is 5.51. The number of hydrogen-bond acceptors (Lipinski definition) is 5. The summed E-state index contributed by atoms with van der Waals surface area (Å²) in [6.45, 7) is 1.79. The molecule has 0 fully saturated rings. The third-order valence-corrected chi connectivity index (χ3v) is 3.62. The molecule has 5 nitrogen and oxygen atoms in total. The molecule has 0 atom stereocenters. The molecule has 0 saturated carbocycles. The average Bonchev–Trinajstić information content (AvgIpc) is 2.97. The van der Waals surface area contributed by atoms with E-state index >= 15 is 0 Å². The van der Waals surface area contributed by atoms with E-state index in [1.54, 1.807) is 6.07 Å². The number of hydrogen-bond donors (Lipinski definition) is 2. The average molecular weight is 286 g/mol. The minimum atomic E-state index is -0.183. The Hall–Kier alpha value is -1.37. The molecule has 0 saturated heterocycles. The highest BCUT2D eigenvalue weighted by Crippen LogP contribution is 2.25. The van der Waals surface area contributed by atoms with Crippen LogP contribution >= 0.6 is 23.7 Å². The van der Waals surface area contributed by atoms with Crippen LogP contribution in [0, 0.1) is 0 Å². The molecule has 2 aromatic heterocycles. The Kier molecular flexibility index (Phi) is 4.00. The molecule has 1 aliphatic rings. The third kappa shape index (κ3) is 2.55. The number of carbonyl (C=O) groups is 1. The summed E-state index contributed by atoms with van der Waals surface area (Å²) in [4.78, 5) is 17.4. The van der Waals surface area contributed by atoms with Gasteiger partial charge in [0.2, 0.25) is 0 Å². The third-order valence-electron chi connectivity index (χ3n) is 2.61. The molecular weight excluding hydrogens is 274 g/mol. The molecule has 0 bridgehead atoms. The molecule has 0 radical (unpaired) electrons. The van der Waals surface area contributed by atoms with Gasteiger partial charge in [0.05, 0.1) is 17.5 Å². The molecule has 0 unspecified atom stereocenters. The molecule has 2 N–H and O–H groups in total. The van der Waals surface area contributed by atoms with Gasteiger partial charge in [-0.25, -0.2) is 4.98 Å². The first-order valence-corrected chi connectivity index (χ1v) is 6.17. The summed E-state index contributed by atoms with van der Waals surface area (Å²) in [6.07, 6.45) is 3.82. The molecule has 7 heteroatoms. The van der Waals surface area contributed by atoms with Crippen LogP contribution in [0.25, 0.3) is 0 Å². The van der Waals surface area contributed by atoms with Crippen molar-refractivity contribution in [1.82, 2.24) is 10.3 Å². The number of carbonyl (C=O) groups excluding carboxylic acids is 1. The van der Waals surface area contributed by atoms with Gasteiger partial charge in [-0.05, 0) is 6.07 Å². The van der Waals surface area contributed by atoms with Gasteiger partial charge in [0.15, 0.2) is 5.13 Å². The van der Waals surface area contributed by atoms with Crippen molar-refractivity contribution in [3.05, 3.63) is 34.7 Å². The van der Waals surface area contributed by atoms with Crippen molar-refractivity contribution < 1.29 is 9.21 Å². The largest absolute Gasteiger partial charge is 0.472 e. The first kappa shape index (κ1) is 13.1. The Balaban J connectivity index is 0.00000120. The van der Waals surface area contributed by atoms with Crippen LogP contribution in [0.3, 0.4) is 0 Å². The quantitative estimate of drug-likeness (QED) is 0.886. The summed E-state index contributed by atoms with van der Waals surface area (Å²) in [5.41, 5.74) is 1.60. The number of amides is 1. The number of fused-ring (bicyclic) bond motifs is 1. The minimum absolute atomic E-state index is 0. The van der Waals surface area contributed by atoms with Crippen molar-refractivity contribution in [3.63, 3.8) is 0 Å². The Morgan fingerprint density at radius 3 is 3.17 bits per heavy atom. The SMILES string of the molecule is Cl.O=C(Nc1nc2c(s1)CNCC2)c1ccoc1. The Morgan fingerprint density at radius 2 is 2.44 bits per heavy atom. The normalized spacial score (nSPS) is 13.6. The maximum atomic E-state index is 11.8. The molecule has 1 aliphatic heterocycles. The van der Waals surface area contributed by atoms with Crippen LogP contribution in [-0.2, 0) is 13.0 Å². The van der Waals surface area contributed by atoms with Gasteiger partial charge in [-0.2, -0.15) is 0 Å². The van der Waals surface area contributed by atoms with Gasteiger partial charge in [0.1, 0.15) is 6.26 Å². The summed E-state index contributed by atoms with van der Waals surface area (Å²) < 4.78 is 4.87. The fourth-order valence-corrected chi connectivity index (χ4v) is 2.71. The number of aromatic nitrogens is 1.